The molecule has 9 heteroatoms. The molecule has 0 saturated carbocycles. The summed E-state index contributed by atoms with van der Waals surface area (Å²) < 4.78 is 40.1. The molecule has 2 aromatic heterocycles. The van der Waals surface area contributed by atoms with Gasteiger partial charge in [0.1, 0.15) is 9.71 Å². The molecule has 1 aromatic carbocycles. The molecule has 0 radical (unpaired) electrons. The van der Waals surface area contributed by atoms with Gasteiger partial charge >= 0.3 is 6.18 Å². The van der Waals surface area contributed by atoms with Gasteiger partial charge in [-0.25, -0.2) is 4.98 Å². The van der Waals surface area contributed by atoms with Crippen molar-refractivity contribution in [3.8, 4) is 0 Å². The summed E-state index contributed by atoms with van der Waals surface area (Å²) in [4.78, 5) is 16.8. The van der Waals surface area contributed by atoms with Crippen molar-refractivity contribution in [2.45, 2.75) is 26.1 Å². The maximum Gasteiger partial charge on any atom is 0.417 e. The number of aryl methyl sites for hydroxylation is 1. The van der Waals surface area contributed by atoms with Crippen molar-refractivity contribution in [1.82, 2.24) is 10.3 Å². The van der Waals surface area contributed by atoms with E-state index in [4.69, 9.17) is 11.5 Å². The minimum absolute atomic E-state index is 0.0331. The number of hydrogen-bond donors (Lipinski definition) is 3. The largest absolute Gasteiger partial charge is 0.417 e. The maximum atomic E-state index is 13.4. The Balaban J connectivity index is 1.83. The predicted octanol–water partition coefficient (Wildman–Crippen LogP) is 3.64. The second-order valence-corrected chi connectivity index (χ2v) is 7.31. The van der Waals surface area contributed by atoms with Crippen molar-refractivity contribution in [2.75, 3.05) is 12.3 Å². The third-order valence-electron chi connectivity index (χ3n) is 4.36. The molecule has 0 aliphatic rings. The van der Waals surface area contributed by atoms with Gasteiger partial charge in [0.25, 0.3) is 5.91 Å². The van der Waals surface area contributed by atoms with E-state index in [0.717, 1.165) is 28.5 Å². The Kier molecular flexibility index (Phi) is 5.57. The minimum Gasteiger partial charge on any atom is -0.397 e. The number of fused-ring (bicyclic) bond motifs is 1. The zero-order valence-corrected chi connectivity index (χ0v) is 15.9. The van der Waals surface area contributed by atoms with Crippen molar-refractivity contribution in [3.05, 3.63) is 57.6 Å². The highest BCUT2D eigenvalue weighted by Gasteiger charge is 2.35. The van der Waals surface area contributed by atoms with Crippen LogP contribution in [0.1, 0.15) is 32.1 Å². The zero-order chi connectivity index (χ0) is 20.5. The fourth-order valence-electron chi connectivity index (χ4n) is 3.03. The van der Waals surface area contributed by atoms with E-state index in [1.54, 1.807) is 0 Å². The van der Waals surface area contributed by atoms with Gasteiger partial charge in [-0.05, 0) is 30.5 Å². The van der Waals surface area contributed by atoms with Crippen LogP contribution in [-0.2, 0) is 19.1 Å². The lowest BCUT2D eigenvalue weighted by Gasteiger charge is -2.10. The second-order valence-electron chi connectivity index (χ2n) is 6.31. The number of anilines is 1. The molecule has 0 unspecified atom stereocenters. The normalized spacial score (nSPS) is 11.8. The zero-order valence-electron chi connectivity index (χ0n) is 15.1. The monoisotopic (exact) mass is 408 g/mol. The third-order valence-corrected chi connectivity index (χ3v) is 5.46. The average molecular weight is 408 g/mol. The maximum absolute atomic E-state index is 13.4. The number of nitrogens with zero attached hydrogens (tertiary/aromatic N) is 1. The van der Waals surface area contributed by atoms with Crippen LogP contribution in [0.15, 0.2) is 30.3 Å². The van der Waals surface area contributed by atoms with Crippen LogP contribution in [0.2, 0.25) is 0 Å². The first-order valence-corrected chi connectivity index (χ1v) is 9.36. The molecule has 148 valence electrons. The van der Waals surface area contributed by atoms with E-state index in [1.807, 2.05) is 24.3 Å². The van der Waals surface area contributed by atoms with Crippen LogP contribution >= 0.6 is 11.3 Å². The van der Waals surface area contributed by atoms with Gasteiger partial charge in [-0.1, -0.05) is 24.3 Å². The van der Waals surface area contributed by atoms with Crippen molar-refractivity contribution < 1.29 is 18.0 Å². The molecule has 28 heavy (non-hydrogen) atoms. The highest BCUT2D eigenvalue weighted by molar-refractivity contribution is 7.21. The first-order chi connectivity index (χ1) is 13.2. The second kappa shape index (κ2) is 7.76. The van der Waals surface area contributed by atoms with Crippen LogP contribution in [0.5, 0.6) is 0 Å². The number of carbonyl (C=O) groups is 1. The molecule has 5 N–H and O–H groups in total. The number of carbonyl (C=O) groups excluding carboxylic acids is 1. The van der Waals surface area contributed by atoms with Crippen LogP contribution < -0.4 is 16.8 Å². The summed E-state index contributed by atoms with van der Waals surface area (Å²) in [5.41, 5.74) is 12.7. The van der Waals surface area contributed by atoms with Crippen LogP contribution in [0, 0.1) is 6.92 Å². The molecule has 0 fully saturated rings. The number of halogens is 3. The number of aromatic nitrogens is 1. The quantitative estimate of drug-likeness (QED) is 0.601. The lowest BCUT2D eigenvalue weighted by Crippen LogP contribution is -2.26. The topological polar surface area (TPSA) is 94.0 Å². The smallest absolute Gasteiger partial charge is 0.397 e. The van der Waals surface area contributed by atoms with Crippen molar-refractivity contribution in [3.63, 3.8) is 0 Å². The SMILES string of the molecule is Cc1cc(C(F)(F)F)c2c(N)c(C(=O)NCCc3ccccc3CN)sc2n1. The molecule has 0 atom stereocenters. The van der Waals surface area contributed by atoms with Crippen molar-refractivity contribution in [1.29, 1.82) is 0 Å². The molecule has 5 nitrogen and oxygen atoms in total. The molecule has 3 aromatic rings. The number of hydrogen-bond acceptors (Lipinski definition) is 5. The minimum atomic E-state index is -4.58. The number of thiophene rings is 1. The summed E-state index contributed by atoms with van der Waals surface area (Å²) >= 11 is 0.862. The molecule has 0 aliphatic heterocycles. The third kappa shape index (κ3) is 3.95. The van der Waals surface area contributed by atoms with E-state index in [2.05, 4.69) is 10.3 Å². The number of nitrogens with one attached hydrogen (secondary N) is 1. The van der Waals surface area contributed by atoms with Gasteiger partial charge in [0, 0.05) is 24.2 Å². The fourth-order valence-corrected chi connectivity index (χ4v) is 4.11. The van der Waals surface area contributed by atoms with Crippen LogP contribution in [0.25, 0.3) is 10.2 Å². The van der Waals surface area contributed by atoms with Gasteiger partial charge in [0.2, 0.25) is 0 Å². The van der Waals surface area contributed by atoms with Crippen LogP contribution in [-0.4, -0.2) is 17.4 Å². The lowest BCUT2D eigenvalue weighted by atomic mass is 10.0. The van der Waals surface area contributed by atoms with Crippen molar-refractivity contribution in [2.24, 2.45) is 5.73 Å². The lowest BCUT2D eigenvalue weighted by molar-refractivity contribution is -0.136. The summed E-state index contributed by atoms with van der Waals surface area (Å²) in [6, 6.07) is 8.54. The molecular formula is C19H19F3N4OS. The number of pyridine rings is 1. The molecule has 2 heterocycles. The first-order valence-electron chi connectivity index (χ1n) is 8.54. The van der Waals surface area contributed by atoms with E-state index in [0.29, 0.717) is 19.5 Å². The van der Waals surface area contributed by atoms with E-state index < -0.39 is 17.6 Å². The summed E-state index contributed by atoms with van der Waals surface area (Å²) in [5, 5.41) is 2.49. The number of nitrogens with two attached hydrogens (primary N) is 2. The van der Waals surface area contributed by atoms with Gasteiger partial charge in [-0.15, -0.1) is 11.3 Å². The summed E-state index contributed by atoms with van der Waals surface area (Å²) in [7, 11) is 0. The van der Waals surface area contributed by atoms with Crippen LogP contribution in [0.4, 0.5) is 18.9 Å². The van der Waals surface area contributed by atoms with Gasteiger partial charge in [0.05, 0.1) is 11.3 Å². The fraction of sp³-hybridized carbons (Fsp3) is 0.263. The summed E-state index contributed by atoms with van der Waals surface area (Å²) in [6.45, 7) is 2.17. The molecule has 0 aliphatic carbocycles. The Morgan fingerprint density at radius 2 is 1.93 bits per heavy atom. The molecular weight excluding hydrogens is 389 g/mol. The van der Waals surface area contributed by atoms with Gasteiger partial charge in [0.15, 0.2) is 0 Å². The number of alkyl halides is 3. The van der Waals surface area contributed by atoms with Gasteiger partial charge in [-0.2, -0.15) is 13.2 Å². The molecule has 0 saturated heterocycles. The predicted molar refractivity (Wildman–Crippen MR) is 104 cm³/mol. The Morgan fingerprint density at radius 1 is 1.25 bits per heavy atom. The highest BCUT2D eigenvalue weighted by Crippen LogP contribution is 2.42. The van der Waals surface area contributed by atoms with Gasteiger partial charge < -0.3 is 16.8 Å². The number of rotatable bonds is 5. The van der Waals surface area contributed by atoms with E-state index >= 15 is 0 Å². The summed E-state index contributed by atoms with van der Waals surface area (Å²) in [5.74, 6) is -0.517. The van der Waals surface area contributed by atoms with Gasteiger partial charge in [-0.3, -0.25) is 4.79 Å². The first kappa shape index (κ1) is 20.1. The molecule has 0 spiro atoms. The molecule has 3 rings (SSSR count). The number of benzene rings is 1. The van der Waals surface area contributed by atoms with Crippen LogP contribution in [0.3, 0.4) is 0 Å². The molecule has 1 amide bonds. The standard InChI is InChI=1S/C19H19F3N4OS/c1-10-8-13(19(20,21)22)14-15(24)16(28-18(14)26-10)17(27)25-7-6-11-4-2-3-5-12(11)9-23/h2-5,8H,6-7,9,23-24H2,1H3,(H,25,27). The van der Waals surface area contributed by atoms with E-state index in [-0.39, 0.29) is 26.5 Å². The Labute approximate surface area is 163 Å². The Hall–Kier alpha value is -2.65. The van der Waals surface area contributed by atoms with E-state index in [9.17, 15) is 18.0 Å². The summed E-state index contributed by atoms with van der Waals surface area (Å²) in [6.07, 6.45) is -4.03. The van der Waals surface area contributed by atoms with Crippen molar-refractivity contribution >= 4 is 33.1 Å². The number of amides is 1. The number of nitrogen functional groups attached to an aromatic ring is 1. The Morgan fingerprint density at radius 3 is 2.57 bits per heavy atom. The highest BCUT2D eigenvalue weighted by atomic mass is 32.1. The van der Waals surface area contributed by atoms with E-state index in [1.165, 1.54) is 6.92 Å². The average Bonchev–Trinajstić information content (AvgIpc) is 2.97. The Bertz CT molecular complexity index is 1030. The molecule has 0 bridgehead atoms.